The molecule has 3 heteroatoms. The molecule has 0 radical (unpaired) electrons. The Kier molecular flexibility index (Phi) is 7.52. The molecule has 0 atom stereocenters. The number of ether oxygens (including phenoxy) is 1. The van der Waals surface area contributed by atoms with Crippen LogP contribution in [0.25, 0.3) is 66.1 Å². The van der Waals surface area contributed by atoms with Gasteiger partial charge < -0.3 is 14.1 Å². The lowest BCUT2D eigenvalue weighted by molar-refractivity contribution is 0.436. The maximum atomic E-state index is 6.73. The summed E-state index contributed by atoms with van der Waals surface area (Å²) in [5.74, 6) is 1.80. The smallest absolute Gasteiger partial charge is 0.143 e. The lowest BCUT2D eigenvalue weighted by atomic mass is 9.66. The van der Waals surface area contributed by atoms with E-state index in [0.29, 0.717) is 0 Å². The van der Waals surface area contributed by atoms with Gasteiger partial charge in [0.25, 0.3) is 0 Å². The molecule has 11 aromatic rings. The van der Waals surface area contributed by atoms with E-state index in [1.807, 2.05) is 0 Å². The van der Waals surface area contributed by atoms with Gasteiger partial charge in [-0.3, -0.25) is 0 Å². The summed E-state index contributed by atoms with van der Waals surface area (Å²) in [6.45, 7) is 0. The van der Waals surface area contributed by atoms with Gasteiger partial charge in [-0.2, -0.15) is 0 Å². The zero-order chi connectivity index (χ0) is 40.8. The molecule has 1 aromatic heterocycles. The minimum absolute atomic E-state index is 0.489. The van der Waals surface area contributed by atoms with E-state index in [1.165, 1.54) is 38.9 Å². The van der Waals surface area contributed by atoms with Crippen LogP contribution >= 0.6 is 0 Å². The summed E-state index contributed by atoms with van der Waals surface area (Å²) in [7, 11) is 0. The van der Waals surface area contributed by atoms with Gasteiger partial charge in [0.1, 0.15) is 22.7 Å². The Hall–Kier alpha value is -8.14. The predicted molar refractivity (Wildman–Crippen MR) is 254 cm³/mol. The number of benzene rings is 10. The number of hydrogen-bond acceptors (Lipinski definition) is 3. The summed E-state index contributed by atoms with van der Waals surface area (Å²) in [5.41, 5.74) is 16.5. The van der Waals surface area contributed by atoms with E-state index >= 15 is 0 Å². The molecular formula is C59H37NO2. The fourth-order valence-corrected chi connectivity index (χ4v) is 10.5. The van der Waals surface area contributed by atoms with Crippen molar-refractivity contribution in [3.63, 3.8) is 0 Å². The molecule has 1 aliphatic heterocycles. The molecule has 0 saturated carbocycles. The first-order chi connectivity index (χ1) is 30.8. The molecule has 1 spiro atoms. The summed E-state index contributed by atoms with van der Waals surface area (Å²) in [5, 5.41) is 4.46. The monoisotopic (exact) mass is 791 g/mol. The Bertz CT molecular complexity index is 3520. The Morgan fingerprint density at radius 1 is 0.371 bits per heavy atom. The van der Waals surface area contributed by atoms with E-state index in [9.17, 15) is 0 Å². The van der Waals surface area contributed by atoms with Gasteiger partial charge in [-0.1, -0.05) is 170 Å². The van der Waals surface area contributed by atoms with Gasteiger partial charge in [0.15, 0.2) is 0 Å². The average molecular weight is 792 g/mol. The SMILES string of the molecule is c1ccc(-c2ccccc2N(c2ccc(-c3ccc4c(c3)-c3ccccc3C43c4ccccc4Oc4ccccc43)cc2)c2cccc3oc4c5ccccc5ccc4c23)cc1. The summed E-state index contributed by atoms with van der Waals surface area (Å²) in [6.07, 6.45) is 0. The van der Waals surface area contributed by atoms with Crippen molar-refractivity contribution in [3.8, 4) is 44.9 Å². The van der Waals surface area contributed by atoms with Crippen molar-refractivity contribution in [3.05, 3.63) is 247 Å². The fraction of sp³-hybridized carbons (Fsp3) is 0.0169. The van der Waals surface area contributed by atoms with Crippen LogP contribution in [0.2, 0.25) is 0 Å². The number of anilines is 3. The van der Waals surface area contributed by atoms with Crippen molar-refractivity contribution in [2.24, 2.45) is 0 Å². The molecule has 2 aliphatic rings. The molecular weight excluding hydrogens is 755 g/mol. The molecule has 2 heterocycles. The van der Waals surface area contributed by atoms with Crippen LogP contribution < -0.4 is 9.64 Å². The van der Waals surface area contributed by atoms with Crippen LogP contribution in [0, 0.1) is 0 Å². The molecule has 62 heavy (non-hydrogen) atoms. The number of furan rings is 1. The molecule has 13 rings (SSSR count). The molecule has 3 nitrogen and oxygen atoms in total. The number of fused-ring (bicyclic) bond motifs is 14. The fourth-order valence-electron chi connectivity index (χ4n) is 10.5. The lowest BCUT2D eigenvalue weighted by Crippen LogP contribution is -2.32. The van der Waals surface area contributed by atoms with Crippen molar-refractivity contribution in [2.75, 3.05) is 4.90 Å². The Balaban J connectivity index is 0.985. The first-order valence-corrected chi connectivity index (χ1v) is 21.2. The topological polar surface area (TPSA) is 25.6 Å². The highest BCUT2D eigenvalue weighted by Crippen LogP contribution is 2.62. The van der Waals surface area contributed by atoms with E-state index in [1.54, 1.807) is 0 Å². The van der Waals surface area contributed by atoms with Gasteiger partial charge in [0.2, 0.25) is 0 Å². The second-order valence-electron chi connectivity index (χ2n) is 16.3. The summed E-state index contributed by atoms with van der Waals surface area (Å²) in [6, 6.07) is 80.8. The van der Waals surface area contributed by atoms with Crippen LogP contribution in [-0.2, 0) is 5.41 Å². The molecule has 0 N–H and O–H groups in total. The minimum atomic E-state index is -0.489. The third kappa shape index (κ3) is 4.94. The van der Waals surface area contributed by atoms with Crippen molar-refractivity contribution in [1.29, 1.82) is 0 Å². The van der Waals surface area contributed by atoms with E-state index < -0.39 is 5.41 Å². The predicted octanol–water partition coefficient (Wildman–Crippen LogP) is 16.0. The highest BCUT2D eigenvalue weighted by molar-refractivity contribution is 6.19. The first-order valence-electron chi connectivity index (χ1n) is 21.2. The molecule has 0 fully saturated rings. The highest BCUT2D eigenvalue weighted by Gasteiger charge is 2.50. The second kappa shape index (κ2) is 13.4. The Morgan fingerprint density at radius 2 is 1.00 bits per heavy atom. The van der Waals surface area contributed by atoms with E-state index in [2.05, 4.69) is 229 Å². The van der Waals surface area contributed by atoms with Crippen molar-refractivity contribution < 1.29 is 9.15 Å². The summed E-state index contributed by atoms with van der Waals surface area (Å²) < 4.78 is 13.3. The van der Waals surface area contributed by atoms with E-state index in [-0.39, 0.29) is 0 Å². The largest absolute Gasteiger partial charge is 0.457 e. The summed E-state index contributed by atoms with van der Waals surface area (Å²) >= 11 is 0. The quantitative estimate of drug-likeness (QED) is 0.174. The number of rotatable bonds is 5. The molecule has 10 aromatic carbocycles. The van der Waals surface area contributed by atoms with Gasteiger partial charge in [-0.25, -0.2) is 0 Å². The Morgan fingerprint density at radius 3 is 1.81 bits per heavy atom. The van der Waals surface area contributed by atoms with Crippen LogP contribution in [0.15, 0.2) is 229 Å². The Labute approximate surface area is 359 Å². The zero-order valence-corrected chi connectivity index (χ0v) is 33.6. The van der Waals surface area contributed by atoms with Gasteiger partial charge in [0, 0.05) is 33.2 Å². The third-order valence-corrected chi connectivity index (χ3v) is 13.1. The van der Waals surface area contributed by atoms with Gasteiger partial charge in [0.05, 0.1) is 22.2 Å². The standard InChI is InChI=1S/C59H37NO2/c1-2-15-39(16-3-1)43-18-7-11-24-52(43)60(53-25-14-28-56-57(53)46-35-31-40-17-4-5-19-44(40)58(46)62-56)42-33-29-38(30-34-42)41-32-36-49-47(37-41)45-20-6-8-21-48(45)59(49)50-22-9-12-26-54(50)61-55-27-13-10-23-51(55)59/h1-37H. The summed E-state index contributed by atoms with van der Waals surface area (Å²) in [4.78, 5) is 2.40. The first kappa shape index (κ1) is 34.7. The lowest BCUT2D eigenvalue weighted by Gasteiger charge is -2.39. The molecule has 0 unspecified atom stereocenters. The van der Waals surface area contributed by atoms with Crippen LogP contribution in [-0.4, -0.2) is 0 Å². The van der Waals surface area contributed by atoms with Crippen LogP contribution in [0.5, 0.6) is 11.5 Å². The molecule has 0 saturated heterocycles. The number of nitrogens with zero attached hydrogens (tertiary/aromatic N) is 1. The van der Waals surface area contributed by atoms with Gasteiger partial charge >= 0.3 is 0 Å². The molecule has 290 valence electrons. The average Bonchev–Trinajstić information content (AvgIpc) is 3.87. The van der Waals surface area contributed by atoms with Crippen molar-refractivity contribution in [1.82, 2.24) is 0 Å². The van der Waals surface area contributed by atoms with E-state index in [4.69, 9.17) is 9.15 Å². The van der Waals surface area contributed by atoms with Crippen LogP contribution in [0.3, 0.4) is 0 Å². The number of para-hydroxylation sites is 3. The van der Waals surface area contributed by atoms with Crippen molar-refractivity contribution in [2.45, 2.75) is 5.41 Å². The maximum Gasteiger partial charge on any atom is 0.143 e. The molecule has 0 amide bonds. The highest BCUT2D eigenvalue weighted by atomic mass is 16.5. The van der Waals surface area contributed by atoms with Crippen LogP contribution in [0.4, 0.5) is 17.1 Å². The van der Waals surface area contributed by atoms with Gasteiger partial charge in [-0.05, 0) is 98.9 Å². The zero-order valence-electron chi connectivity index (χ0n) is 33.6. The molecule has 1 aliphatic carbocycles. The normalized spacial score (nSPS) is 13.1. The van der Waals surface area contributed by atoms with Gasteiger partial charge in [-0.15, -0.1) is 0 Å². The number of hydrogen-bond donors (Lipinski definition) is 0. The van der Waals surface area contributed by atoms with Crippen LogP contribution in [0.1, 0.15) is 22.3 Å². The molecule has 0 bridgehead atoms. The van der Waals surface area contributed by atoms with E-state index in [0.717, 1.165) is 78.0 Å². The third-order valence-electron chi connectivity index (χ3n) is 13.1. The maximum absolute atomic E-state index is 6.73. The van der Waals surface area contributed by atoms with Crippen molar-refractivity contribution >= 4 is 49.8 Å². The second-order valence-corrected chi connectivity index (χ2v) is 16.3. The minimum Gasteiger partial charge on any atom is -0.457 e.